The Hall–Kier alpha value is -2.42. The van der Waals surface area contributed by atoms with Crippen LogP contribution in [-0.4, -0.2) is 16.2 Å². The van der Waals surface area contributed by atoms with E-state index >= 15 is 0 Å². The Labute approximate surface area is 149 Å². The normalized spacial score (nSPS) is 11.0. The lowest BCUT2D eigenvalue weighted by molar-refractivity contribution is 0.0694. The molecule has 0 spiro atoms. The van der Waals surface area contributed by atoms with Crippen molar-refractivity contribution < 1.29 is 15.0 Å². The second-order valence-corrected chi connectivity index (χ2v) is 7.66. The van der Waals surface area contributed by atoms with Crippen molar-refractivity contribution in [1.82, 2.24) is 0 Å². The van der Waals surface area contributed by atoms with Gasteiger partial charge in [-0.05, 0) is 42.0 Å². The molecule has 0 radical (unpaired) electrons. The number of aromatic hydroxyl groups is 1. The van der Waals surface area contributed by atoms with Gasteiger partial charge in [0.2, 0.25) is 0 Å². The van der Waals surface area contributed by atoms with E-state index in [9.17, 15) is 9.90 Å². The first-order chi connectivity index (χ1) is 11.5. The van der Waals surface area contributed by atoms with Crippen molar-refractivity contribution in [1.29, 1.82) is 0 Å². The molecule has 0 unspecified atom stereocenters. The molecule has 3 aromatic rings. The number of phenols is 1. The minimum atomic E-state index is -1.22. The predicted octanol–water partition coefficient (Wildman–Crippen LogP) is 6.03. The Morgan fingerprint density at radius 3 is 2.25 bits per heavy atom. The van der Waals surface area contributed by atoms with E-state index in [1.54, 1.807) is 20.7 Å². The molecule has 1 heterocycles. The standard InChI is InChI=1S/C16H10N2O3S3/c19-13-6-5-11(7-12(13)16(20)21)18-17-10-3-1-9(2-4-10)14-8-15(22)24-23-14/h1-8,19H,(H,20,21). The van der Waals surface area contributed by atoms with Crippen molar-refractivity contribution in [2.45, 2.75) is 0 Å². The molecule has 0 saturated heterocycles. The van der Waals surface area contributed by atoms with Crippen LogP contribution >= 0.6 is 32.9 Å². The molecule has 24 heavy (non-hydrogen) atoms. The molecule has 8 heteroatoms. The van der Waals surface area contributed by atoms with Gasteiger partial charge in [-0.25, -0.2) is 4.79 Å². The molecule has 0 bridgehead atoms. The Bertz CT molecular complexity index is 975. The highest BCUT2D eigenvalue weighted by Gasteiger charge is 2.09. The van der Waals surface area contributed by atoms with Gasteiger partial charge >= 0.3 is 5.97 Å². The van der Waals surface area contributed by atoms with Gasteiger partial charge in [-0.1, -0.05) is 45.0 Å². The van der Waals surface area contributed by atoms with Crippen molar-refractivity contribution >= 4 is 50.2 Å². The van der Waals surface area contributed by atoms with Crippen molar-refractivity contribution in [3.63, 3.8) is 0 Å². The quantitative estimate of drug-likeness (QED) is 0.332. The Balaban J connectivity index is 1.81. The maximum Gasteiger partial charge on any atom is 0.339 e. The van der Waals surface area contributed by atoms with E-state index in [0.29, 0.717) is 11.4 Å². The first kappa shape index (κ1) is 16.4. The van der Waals surface area contributed by atoms with E-state index in [-0.39, 0.29) is 11.3 Å². The largest absolute Gasteiger partial charge is 0.507 e. The van der Waals surface area contributed by atoms with Crippen LogP contribution < -0.4 is 0 Å². The second-order valence-electron chi connectivity index (χ2n) is 4.75. The van der Waals surface area contributed by atoms with Crippen LogP contribution in [0.25, 0.3) is 10.4 Å². The van der Waals surface area contributed by atoms with Crippen LogP contribution in [0.15, 0.2) is 58.8 Å². The lowest BCUT2D eigenvalue weighted by Crippen LogP contribution is -1.95. The number of carboxylic acid groups (broad SMARTS) is 1. The van der Waals surface area contributed by atoms with Crippen molar-refractivity contribution in [3.8, 4) is 16.2 Å². The average Bonchev–Trinajstić information content (AvgIpc) is 3.01. The Morgan fingerprint density at radius 1 is 0.958 bits per heavy atom. The number of carbonyl (C=O) groups is 1. The minimum absolute atomic E-state index is 0.208. The molecule has 1 aromatic heterocycles. The summed E-state index contributed by atoms with van der Waals surface area (Å²) >= 11 is 5.13. The van der Waals surface area contributed by atoms with Crippen molar-refractivity contribution in [2.75, 3.05) is 0 Å². The van der Waals surface area contributed by atoms with Gasteiger partial charge in [0.15, 0.2) is 0 Å². The number of carboxylic acids is 1. The summed E-state index contributed by atoms with van der Waals surface area (Å²) in [5.74, 6) is -1.52. The third-order valence-corrected chi connectivity index (χ3v) is 6.02. The highest BCUT2D eigenvalue weighted by Crippen LogP contribution is 2.31. The topological polar surface area (TPSA) is 82.2 Å². The van der Waals surface area contributed by atoms with E-state index in [0.717, 1.165) is 14.3 Å². The SMILES string of the molecule is O=C(O)c1cc(N=Nc2ccc(-c3cc(=S)ss3)cc2)ccc1O. The molecule has 0 amide bonds. The molecule has 5 nitrogen and oxygen atoms in total. The molecule has 3 rings (SSSR count). The van der Waals surface area contributed by atoms with Gasteiger partial charge in [0.25, 0.3) is 0 Å². The first-order valence-electron chi connectivity index (χ1n) is 6.71. The second kappa shape index (κ2) is 7.00. The maximum atomic E-state index is 11.0. The van der Waals surface area contributed by atoms with Gasteiger partial charge in [0.05, 0.1) is 11.4 Å². The van der Waals surface area contributed by atoms with Gasteiger partial charge in [-0.3, -0.25) is 0 Å². The number of hydrogen-bond acceptors (Lipinski definition) is 7. The lowest BCUT2D eigenvalue weighted by atomic mass is 10.2. The number of hydrogen-bond donors (Lipinski definition) is 2. The fourth-order valence-corrected chi connectivity index (χ4v) is 4.34. The zero-order valence-corrected chi connectivity index (χ0v) is 14.5. The molecule has 2 aromatic carbocycles. The third-order valence-electron chi connectivity index (χ3n) is 3.11. The molecular weight excluding hydrogens is 364 g/mol. The van der Waals surface area contributed by atoms with E-state index in [1.807, 2.05) is 30.3 Å². The summed E-state index contributed by atoms with van der Waals surface area (Å²) in [5.41, 5.74) is 1.84. The molecule has 0 saturated carbocycles. The zero-order valence-electron chi connectivity index (χ0n) is 12.0. The summed E-state index contributed by atoms with van der Waals surface area (Å²) in [6.07, 6.45) is 0. The number of nitrogens with zero attached hydrogens (tertiary/aromatic N) is 2. The predicted molar refractivity (Wildman–Crippen MR) is 97.7 cm³/mol. The minimum Gasteiger partial charge on any atom is -0.507 e. The fourth-order valence-electron chi connectivity index (χ4n) is 1.94. The Kier molecular flexibility index (Phi) is 4.79. The summed E-state index contributed by atoms with van der Waals surface area (Å²) in [5, 5.41) is 26.5. The summed E-state index contributed by atoms with van der Waals surface area (Å²) in [6, 6.07) is 13.5. The van der Waals surface area contributed by atoms with E-state index in [4.69, 9.17) is 17.3 Å². The zero-order chi connectivity index (χ0) is 17.1. The molecular formula is C16H10N2O3S3. The summed E-state index contributed by atoms with van der Waals surface area (Å²) in [6.45, 7) is 0. The van der Waals surface area contributed by atoms with Gasteiger partial charge in [-0.2, -0.15) is 10.2 Å². The van der Waals surface area contributed by atoms with Crippen molar-refractivity contribution in [2.24, 2.45) is 10.2 Å². The number of benzene rings is 2. The van der Waals surface area contributed by atoms with Gasteiger partial charge in [-0.15, -0.1) is 0 Å². The van der Waals surface area contributed by atoms with Gasteiger partial charge in [0, 0.05) is 4.88 Å². The molecule has 0 fully saturated rings. The molecule has 0 aliphatic rings. The fraction of sp³-hybridized carbons (Fsp3) is 0. The molecule has 2 N–H and O–H groups in total. The first-order valence-corrected chi connectivity index (χ1v) is 9.27. The highest BCUT2D eigenvalue weighted by molar-refractivity contribution is 7.80. The molecule has 0 atom stereocenters. The number of rotatable bonds is 4. The smallest absolute Gasteiger partial charge is 0.339 e. The Morgan fingerprint density at radius 2 is 1.62 bits per heavy atom. The molecule has 0 aliphatic carbocycles. The van der Waals surface area contributed by atoms with Crippen LogP contribution in [0.5, 0.6) is 5.75 Å². The maximum absolute atomic E-state index is 11.0. The van der Waals surface area contributed by atoms with Crippen molar-refractivity contribution in [3.05, 3.63) is 57.9 Å². The van der Waals surface area contributed by atoms with Crippen LogP contribution in [-0.2, 0) is 0 Å². The molecule has 0 aliphatic heterocycles. The van der Waals surface area contributed by atoms with Crippen LogP contribution in [0.2, 0.25) is 0 Å². The molecule has 120 valence electrons. The number of aromatic carboxylic acids is 1. The van der Waals surface area contributed by atoms with Crippen LogP contribution in [0.1, 0.15) is 10.4 Å². The summed E-state index contributed by atoms with van der Waals surface area (Å²) in [7, 11) is 3.19. The monoisotopic (exact) mass is 374 g/mol. The van der Waals surface area contributed by atoms with Crippen LogP contribution in [0, 0.1) is 3.82 Å². The van der Waals surface area contributed by atoms with E-state index < -0.39 is 5.97 Å². The van der Waals surface area contributed by atoms with Gasteiger partial charge < -0.3 is 10.2 Å². The van der Waals surface area contributed by atoms with Gasteiger partial charge in [0.1, 0.15) is 15.1 Å². The third kappa shape index (κ3) is 3.73. The highest BCUT2D eigenvalue weighted by atomic mass is 32.9. The van der Waals surface area contributed by atoms with Crippen LogP contribution in [0.4, 0.5) is 11.4 Å². The van der Waals surface area contributed by atoms with Crippen LogP contribution in [0.3, 0.4) is 0 Å². The van der Waals surface area contributed by atoms with E-state index in [1.165, 1.54) is 18.2 Å². The van der Waals surface area contributed by atoms with E-state index in [2.05, 4.69) is 10.2 Å². The average molecular weight is 374 g/mol. The summed E-state index contributed by atoms with van der Waals surface area (Å²) < 4.78 is 0.861. The lowest BCUT2D eigenvalue weighted by Gasteiger charge is -2.00. The number of azo groups is 1. The summed E-state index contributed by atoms with van der Waals surface area (Å²) in [4.78, 5) is 12.1.